The zero-order valence-corrected chi connectivity index (χ0v) is 17.1. The van der Waals surface area contributed by atoms with Crippen LogP contribution in [0.5, 0.6) is 0 Å². The monoisotopic (exact) mass is 377 g/mol. The first-order valence-corrected chi connectivity index (χ1v) is 10.2. The van der Waals surface area contributed by atoms with Crippen molar-refractivity contribution >= 4 is 17.5 Å². The molecule has 1 N–H and O–H groups in total. The molecule has 26 heavy (non-hydrogen) atoms. The van der Waals surface area contributed by atoms with Crippen LogP contribution in [0.4, 0.5) is 0 Å². The highest BCUT2D eigenvalue weighted by Gasteiger charge is 2.35. The van der Waals surface area contributed by atoms with Gasteiger partial charge in [-0.1, -0.05) is 23.7 Å². The fourth-order valence-corrected chi connectivity index (χ4v) is 4.23. The van der Waals surface area contributed by atoms with Crippen molar-refractivity contribution in [1.82, 2.24) is 15.1 Å². The smallest absolute Gasteiger partial charge is 0.227 e. The van der Waals surface area contributed by atoms with Crippen molar-refractivity contribution < 1.29 is 4.79 Å². The molecule has 5 heteroatoms. The molecule has 2 aliphatic rings. The van der Waals surface area contributed by atoms with Crippen LogP contribution in [0.3, 0.4) is 0 Å². The Morgan fingerprint density at radius 3 is 2.50 bits per heavy atom. The molecule has 2 saturated heterocycles. The van der Waals surface area contributed by atoms with Gasteiger partial charge in [-0.05, 0) is 64.3 Å². The molecule has 2 fully saturated rings. The second-order valence-electron chi connectivity index (χ2n) is 8.63. The summed E-state index contributed by atoms with van der Waals surface area (Å²) < 4.78 is 0. The number of carbonyl (C=O) groups excluding carboxylic acids is 1. The molecular formula is C21H32ClN3O. The summed E-state index contributed by atoms with van der Waals surface area (Å²) in [5.74, 6) is 0.518. The number of rotatable bonds is 2. The molecule has 0 aromatic heterocycles. The minimum absolute atomic E-state index is 0.151. The van der Waals surface area contributed by atoms with Gasteiger partial charge in [0.1, 0.15) is 0 Å². The summed E-state index contributed by atoms with van der Waals surface area (Å²) in [5, 5.41) is 4.39. The number of nitrogens with one attached hydrogen (secondary N) is 1. The molecule has 1 aromatic carbocycles. The second-order valence-corrected chi connectivity index (χ2v) is 9.06. The Hall–Kier alpha value is -1.10. The standard InChI is InChI=1S/C21H32ClN3O/c1-21(2,3)25-13-10-17(15-25)20(26)24-12-4-5-19(23-11-14-24)16-6-8-18(22)9-7-16/h6-9,17,19,23H,4-5,10-15H2,1-3H3. The molecule has 1 aromatic rings. The molecule has 3 rings (SSSR count). The largest absolute Gasteiger partial charge is 0.341 e. The van der Waals surface area contributed by atoms with Gasteiger partial charge >= 0.3 is 0 Å². The van der Waals surface area contributed by atoms with Gasteiger partial charge in [-0.25, -0.2) is 0 Å². The molecule has 0 saturated carbocycles. The van der Waals surface area contributed by atoms with Gasteiger partial charge in [0.15, 0.2) is 0 Å². The summed E-state index contributed by atoms with van der Waals surface area (Å²) in [5.41, 5.74) is 1.43. The maximum absolute atomic E-state index is 13.0. The number of nitrogens with zero attached hydrogens (tertiary/aromatic N) is 2. The minimum atomic E-state index is 0.151. The zero-order valence-electron chi connectivity index (χ0n) is 16.3. The van der Waals surface area contributed by atoms with Gasteiger partial charge in [-0.3, -0.25) is 9.69 Å². The van der Waals surface area contributed by atoms with E-state index in [9.17, 15) is 4.79 Å². The van der Waals surface area contributed by atoms with E-state index in [4.69, 9.17) is 11.6 Å². The molecule has 2 aliphatic heterocycles. The first kappa shape index (κ1) is 19.7. The third-order valence-corrected chi connectivity index (χ3v) is 6.02. The number of benzene rings is 1. The van der Waals surface area contributed by atoms with Crippen LogP contribution < -0.4 is 5.32 Å². The summed E-state index contributed by atoms with van der Waals surface area (Å²) >= 11 is 6.00. The fourth-order valence-electron chi connectivity index (χ4n) is 4.10. The quantitative estimate of drug-likeness (QED) is 0.853. The molecule has 2 atom stereocenters. The number of hydrogen-bond acceptors (Lipinski definition) is 3. The van der Waals surface area contributed by atoms with Crippen LogP contribution in [0.25, 0.3) is 0 Å². The normalized spacial score (nSPS) is 25.8. The Bertz CT molecular complexity index is 601. The fraction of sp³-hybridized carbons (Fsp3) is 0.667. The first-order valence-electron chi connectivity index (χ1n) is 9.87. The Morgan fingerprint density at radius 2 is 1.85 bits per heavy atom. The van der Waals surface area contributed by atoms with Gasteiger partial charge in [-0.15, -0.1) is 0 Å². The van der Waals surface area contributed by atoms with E-state index < -0.39 is 0 Å². The third kappa shape index (κ3) is 4.79. The first-order chi connectivity index (χ1) is 12.3. The summed E-state index contributed by atoms with van der Waals surface area (Å²) in [4.78, 5) is 17.5. The average molecular weight is 378 g/mol. The molecular weight excluding hydrogens is 346 g/mol. The van der Waals surface area contributed by atoms with Gasteiger partial charge in [0.05, 0.1) is 5.92 Å². The molecule has 0 spiro atoms. The third-order valence-electron chi connectivity index (χ3n) is 5.76. The Balaban J connectivity index is 1.53. The van der Waals surface area contributed by atoms with E-state index in [1.165, 1.54) is 5.56 Å². The van der Waals surface area contributed by atoms with Gasteiger partial charge < -0.3 is 10.2 Å². The number of likely N-dealkylation sites (tertiary alicyclic amines) is 1. The number of carbonyl (C=O) groups is 1. The van der Waals surface area contributed by atoms with Crippen LogP contribution in [-0.2, 0) is 4.79 Å². The highest BCUT2D eigenvalue weighted by atomic mass is 35.5. The van der Waals surface area contributed by atoms with E-state index in [0.29, 0.717) is 11.9 Å². The van der Waals surface area contributed by atoms with E-state index >= 15 is 0 Å². The number of amides is 1. The van der Waals surface area contributed by atoms with E-state index in [0.717, 1.165) is 57.0 Å². The van der Waals surface area contributed by atoms with Crippen LogP contribution in [0.15, 0.2) is 24.3 Å². The van der Waals surface area contributed by atoms with Crippen molar-refractivity contribution in [2.75, 3.05) is 32.7 Å². The van der Waals surface area contributed by atoms with Crippen molar-refractivity contribution in [2.45, 2.75) is 51.6 Å². The Labute approximate surface area is 162 Å². The molecule has 2 unspecified atom stereocenters. The van der Waals surface area contributed by atoms with Crippen molar-refractivity contribution in [3.63, 3.8) is 0 Å². The van der Waals surface area contributed by atoms with Crippen LogP contribution >= 0.6 is 11.6 Å². The zero-order chi connectivity index (χ0) is 18.7. The number of halogens is 1. The predicted molar refractivity (Wildman–Crippen MR) is 107 cm³/mol. The number of hydrogen-bond donors (Lipinski definition) is 1. The lowest BCUT2D eigenvalue weighted by Crippen LogP contribution is -2.45. The minimum Gasteiger partial charge on any atom is -0.341 e. The van der Waals surface area contributed by atoms with Gasteiger partial charge in [0.25, 0.3) is 0 Å². The maximum atomic E-state index is 13.0. The van der Waals surface area contributed by atoms with Gasteiger partial charge in [0, 0.05) is 42.8 Å². The maximum Gasteiger partial charge on any atom is 0.227 e. The molecule has 4 nitrogen and oxygen atoms in total. The van der Waals surface area contributed by atoms with Gasteiger partial charge in [-0.2, -0.15) is 0 Å². The highest BCUT2D eigenvalue weighted by molar-refractivity contribution is 6.30. The molecule has 0 bridgehead atoms. The summed E-state index contributed by atoms with van der Waals surface area (Å²) in [6.45, 7) is 11.1. The topological polar surface area (TPSA) is 35.6 Å². The SMILES string of the molecule is CC(C)(C)N1CCC(C(=O)N2CCCC(c3ccc(Cl)cc3)NCC2)C1. The van der Waals surface area contributed by atoms with E-state index in [-0.39, 0.29) is 11.5 Å². The molecule has 144 valence electrons. The summed E-state index contributed by atoms with van der Waals surface area (Å²) in [7, 11) is 0. The molecule has 1 amide bonds. The van der Waals surface area contributed by atoms with Crippen LogP contribution in [0, 0.1) is 5.92 Å². The van der Waals surface area contributed by atoms with Crippen molar-refractivity contribution in [3.8, 4) is 0 Å². The van der Waals surface area contributed by atoms with Crippen LogP contribution in [-0.4, -0.2) is 54.0 Å². The lowest BCUT2D eigenvalue weighted by Gasteiger charge is -2.33. The Kier molecular flexibility index (Phi) is 6.26. The predicted octanol–water partition coefficient (Wildman–Crippen LogP) is 3.71. The van der Waals surface area contributed by atoms with Crippen molar-refractivity contribution in [3.05, 3.63) is 34.9 Å². The van der Waals surface area contributed by atoms with E-state index in [2.05, 4.69) is 48.0 Å². The second kappa shape index (κ2) is 8.28. The van der Waals surface area contributed by atoms with Crippen molar-refractivity contribution in [1.29, 1.82) is 0 Å². The summed E-state index contributed by atoms with van der Waals surface area (Å²) in [6, 6.07) is 8.46. The lowest BCUT2D eigenvalue weighted by atomic mass is 10.00. The average Bonchev–Trinajstić information content (AvgIpc) is 3.06. The highest BCUT2D eigenvalue weighted by Crippen LogP contribution is 2.27. The lowest BCUT2D eigenvalue weighted by molar-refractivity contribution is -0.135. The van der Waals surface area contributed by atoms with E-state index in [1.54, 1.807) is 0 Å². The Morgan fingerprint density at radius 1 is 1.12 bits per heavy atom. The van der Waals surface area contributed by atoms with Crippen LogP contribution in [0.2, 0.25) is 5.02 Å². The molecule has 0 aliphatic carbocycles. The molecule has 0 radical (unpaired) electrons. The molecule has 2 heterocycles. The van der Waals surface area contributed by atoms with E-state index in [1.807, 2.05) is 12.1 Å². The van der Waals surface area contributed by atoms with Gasteiger partial charge in [0.2, 0.25) is 5.91 Å². The van der Waals surface area contributed by atoms with Crippen molar-refractivity contribution in [2.24, 2.45) is 5.92 Å². The van der Waals surface area contributed by atoms with Crippen LogP contribution in [0.1, 0.15) is 51.6 Å². The summed E-state index contributed by atoms with van der Waals surface area (Å²) in [6.07, 6.45) is 3.07.